The Kier molecular flexibility index (Phi) is 4.56. The molecule has 31 heavy (non-hydrogen) atoms. The lowest BCUT2D eigenvalue weighted by Gasteiger charge is -2.10. The molecule has 2 fully saturated rings. The van der Waals surface area contributed by atoms with Crippen LogP contribution in [0, 0.1) is 12.3 Å². The number of nitrogens with zero attached hydrogens (tertiary/aromatic N) is 4. The average molecular weight is 435 g/mol. The van der Waals surface area contributed by atoms with Crippen molar-refractivity contribution in [3.8, 4) is 24.1 Å². The quantitative estimate of drug-likeness (QED) is 0.360. The molecule has 0 spiro atoms. The zero-order valence-electron chi connectivity index (χ0n) is 16.1. The number of hydrogen-bond donors (Lipinski definition) is 2. The predicted octanol–water partition coefficient (Wildman–Crippen LogP) is 2.56. The lowest BCUT2D eigenvalue weighted by Crippen LogP contribution is -2.19. The minimum Gasteiger partial charge on any atom is -0.424 e. The molecule has 0 radical (unpaired) electrons. The summed E-state index contributed by atoms with van der Waals surface area (Å²) >= 11 is 6.16. The van der Waals surface area contributed by atoms with E-state index in [0.29, 0.717) is 45.1 Å². The summed E-state index contributed by atoms with van der Waals surface area (Å²) in [5, 5.41) is 10.3. The molecule has 2 amide bonds. The number of halogens is 1. The van der Waals surface area contributed by atoms with E-state index in [1.165, 1.54) is 0 Å². The van der Waals surface area contributed by atoms with E-state index in [1.54, 1.807) is 35.0 Å². The maximum absolute atomic E-state index is 11.9. The van der Waals surface area contributed by atoms with Gasteiger partial charge in [-0.15, -0.1) is 6.42 Å². The normalized spacial score (nSPS) is 17.1. The third-order valence-electron chi connectivity index (χ3n) is 4.82. The fourth-order valence-electron chi connectivity index (χ4n) is 3.12. The minimum atomic E-state index is -0.422. The van der Waals surface area contributed by atoms with Crippen molar-refractivity contribution in [2.24, 2.45) is 0 Å². The summed E-state index contributed by atoms with van der Waals surface area (Å²) in [7, 11) is 0. The van der Waals surface area contributed by atoms with E-state index >= 15 is 0 Å². The van der Waals surface area contributed by atoms with Crippen LogP contribution in [0.25, 0.3) is 11.7 Å². The summed E-state index contributed by atoms with van der Waals surface area (Å²) in [5.41, 5.74) is 1.88. The zero-order valence-corrected chi connectivity index (χ0v) is 16.8. The maximum Gasteiger partial charge on any atom is 0.327 e. The van der Waals surface area contributed by atoms with Gasteiger partial charge >= 0.3 is 6.01 Å². The number of ether oxygens (including phenoxy) is 1. The molecule has 3 aromatic rings. The Labute approximate surface area is 181 Å². The molecule has 2 N–H and O–H groups in total. The molecule has 1 saturated heterocycles. The van der Waals surface area contributed by atoms with Crippen LogP contribution in [0.5, 0.6) is 11.8 Å². The fourth-order valence-corrected chi connectivity index (χ4v) is 3.34. The molecule has 1 aliphatic carbocycles. The molecule has 2 aliphatic rings. The first-order valence-corrected chi connectivity index (χ1v) is 9.89. The molecule has 0 atom stereocenters. The van der Waals surface area contributed by atoms with Gasteiger partial charge in [0, 0.05) is 28.8 Å². The van der Waals surface area contributed by atoms with Crippen molar-refractivity contribution in [1.82, 2.24) is 24.9 Å². The number of terminal acetylenes is 1. The van der Waals surface area contributed by atoms with E-state index in [4.69, 9.17) is 22.8 Å². The number of aromatic nitrogens is 4. The number of benzene rings is 1. The van der Waals surface area contributed by atoms with Gasteiger partial charge in [-0.05, 0) is 31.1 Å². The topological polar surface area (TPSA) is 111 Å². The Morgan fingerprint density at radius 2 is 2.16 bits per heavy atom. The predicted molar refractivity (Wildman–Crippen MR) is 113 cm³/mol. The Hall–Kier alpha value is -3.90. The van der Waals surface area contributed by atoms with Crippen LogP contribution in [0.2, 0.25) is 5.02 Å². The zero-order chi connectivity index (χ0) is 21.5. The molecular formula is C21H15ClN6O3. The van der Waals surface area contributed by atoms with Crippen molar-refractivity contribution in [3.63, 3.8) is 0 Å². The van der Waals surface area contributed by atoms with Gasteiger partial charge in [0.05, 0.1) is 17.6 Å². The standard InChI is InChI=1S/C21H15ClN6O3/c1-2-11-3-6-15(9-16(11)22)31-21-26-18-13(7-12-8-17(29)25-19(12)30)10-23-28(18)20(27-21)24-14-4-5-14/h1,3,6-7,9-10,14H,4-5,8H2,(H,24,26,27)(H,25,29,30)/b12-7+. The monoisotopic (exact) mass is 434 g/mol. The molecule has 9 nitrogen and oxygen atoms in total. The number of carbonyl (C=O) groups is 2. The molecule has 1 aromatic carbocycles. The third-order valence-corrected chi connectivity index (χ3v) is 5.13. The van der Waals surface area contributed by atoms with E-state index in [2.05, 4.69) is 31.6 Å². The van der Waals surface area contributed by atoms with Crippen LogP contribution in [0.4, 0.5) is 5.95 Å². The number of imide groups is 1. The molecule has 154 valence electrons. The van der Waals surface area contributed by atoms with Crippen LogP contribution in [0.15, 0.2) is 30.0 Å². The Morgan fingerprint density at radius 1 is 1.32 bits per heavy atom. The van der Waals surface area contributed by atoms with Crippen LogP contribution in [-0.4, -0.2) is 37.4 Å². The van der Waals surface area contributed by atoms with Crippen LogP contribution < -0.4 is 15.4 Å². The largest absolute Gasteiger partial charge is 0.424 e. The first-order chi connectivity index (χ1) is 15.0. The fraction of sp³-hybridized carbons (Fsp3) is 0.190. The van der Waals surface area contributed by atoms with E-state index in [-0.39, 0.29) is 18.3 Å². The maximum atomic E-state index is 11.9. The molecule has 5 rings (SSSR count). The molecule has 1 aliphatic heterocycles. The first kappa shape index (κ1) is 19.1. The molecule has 0 unspecified atom stereocenters. The van der Waals surface area contributed by atoms with Gasteiger partial charge in [0.25, 0.3) is 5.91 Å². The average Bonchev–Trinajstić information content (AvgIpc) is 3.37. The molecule has 2 aromatic heterocycles. The molecule has 3 heterocycles. The van der Waals surface area contributed by atoms with Gasteiger partial charge in [-0.25, -0.2) is 0 Å². The summed E-state index contributed by atoms with van der Waals surface area (Å²) in [6.07, 6.45) is 10.6. The van der Waals surface area contributed by atoms with E-state index in [0.717, 1.165) is 12.8 Å². The van der Waals surface area contributed by atoms with Crippen molar-refractivity contribution in [1.29, 1.82) is 0 Å². The van der Waals surface area contributed by atoms with E-state index in [1.807, 2.05) is 0 Å². The number of rotatable bonds is 5. The van der Waals surface area contributed by atoms with Gasteiger partial charge in [0.2, 0.25) is 11.9 Å². The SMILES string of the molecule is C#Cc1ccc(Oc2nc(NC3CC3)n3ncc(/C=C4\CC(=O)NC4=O)c3n2)cc1Cl. The summed E-state index contributed by atoms with van der Waals surface area (Å²) in [5.74, 6) is 2.62. The van der Waals surface area contributed by atoms with Crippen molar-refractivity contribution in [3.05, 3.63) is 46.1 Å². The Bertz CT molecular complexity index is 1320. The van der Waals surface area contributed by atoms with Crippen LogP contribution in [0.1, 0.15) is 30.4 Å². The van der Waals surface area contributed by atoms with Crippen LogP contribution in [-0.2, 0) is 9.59 Å². The number of amides is 2. The van der Waals surface area contributed by atoms with E-state index in [9.17, 15) is 9.59 Å². The first-order valence-electron chi connectivity index (χ1n) is 9.51. The number of anilines is 1. The van der Waals surface area contributed by atoms with Crippen LogP contribution >= 0.6 is 11.6 Å². The van der Waals surface area contributed by atoms with Crippen molar-refractivity contribution >= 4 is 41.1 Å². The Balaban J connectivity index is 1.56. The van der Waals surface area contributed by atoms with Gasteiger partial charge in [-0.2, -0.15) is 19.6 Å². The van der Waals surface area contributed by atoms with Gasteiger partial charge < -0.3 is 10.1 Å². The van der Waals surface area contributed by atoms with Gasteiger partial charge in [0.15, 0.2) is 5.65 Å². The van der Waals surface area contributed by atoms with E-state index < -0.39 is 5.91 Å². The summed E-state index contributed by atoms with van der Waals surface area (Å²) in [6.45, 7) is 0. The molecular weight excluding hydrogens is 420 g/mol. The van der Waals surface area contributed by atoms with Gasteiger partial charge in [0.1, 0.15) is 5.75 Å². The number of carbonyl (C=O) groups excluding carboxylic acids is 2. The Morgan fingerprint density at radius 3 is 2.84 bits per heavy atom. The highest BCUT2D eigenvalue weighted by molar-refractivity contribution is 6.31. The highest BCUT2D eigenvalue weighted by Crippen LogP contribution is 2.29. The highest BCUT2D eigenvalue weighted by Gasteiger charge is 2.26. The lowest BCUT2D eigenvalue weighted by atomic mass is 10.1. The summed E-state index contributed by atoms with van der Waals surface area (Å²) in [6, 6.07) is 5.32. The minimum absolute atomic E-state index is 0.0117. The van der Waals surface area contributed by atoms with Crippen molar-refractivity contribution in [2.45, 2.75) is 25.3 Å². The molecule has 10 heteroatoms. The van der Waals surface area contributed by atoms with Crippen molar-refractivity contribution < 1.29 is 14.3 Å². The van der Waals surface area contributed by atoms with Crippen molar-refractivity contribution in [2.75, 3.05) is 5.32 Å². The number of hydrogen-bond acceptors (Lipinski definition) is 7. The second-order valence-electron chi connectivity index (χ2n) is 7.20. The van der Waals surface area contributed by atoms with Gasteiger partial charge in [-0.1, -0.05) is 17.5 Å². The third kappa shape index (κ3) is 3.81. The number of nitrogens with one attached hydrogen (secondary N) is 2. The second kappa shape index (κ2) is 7.41. The second-order valence-corrected chi connectivity index (χ2v) is 7.60. The van der Waals surface area contributed by atoms with Gasteiger partial charge in [-0.3, -0.25) is 14.9 Å². The number of fused-ring (bicyclic) bond motifs is 1. The summed E-state index contributed by atoms with van der Waals surface area (Å²) in [4.78, 5) is 32.3. The highest BCUT2D eigenvalue weighted by atomic mass is 35.5. The molecule has 1 saturated carbocycles. The molecule has 0 bridgehead atoms. The summed E-state index contributed by atoms with van der Waals surface area (Å²) < 4.78 is 7.37. The lowest BCUT2D eigenvalue weighted by molar-refractivity contribution is -0.124. The smallest absolute Gasteiger partial charge is 0.327 e. The van der Waals surface area contributed by atoms with Crippen LogP contribution in [0.3, 0.4) is 0 Å².